The van der Waals surface area contributed by atoms with Crippen LogP contribution in [0.25, 0.3) is 0 Å². The van der Waals surface area contributed by atoms with Gasteiger partial charge in [0.1, 0.15) is 5.75 Å². The smallest absolute Gasteiger partial charge is 0.238 e. The molecule has 0 atom stereocenters. The molecule has 0 saturated heterocycles. The van der Waals surface area contributed by atoms with Gasteiger partial charge in [-0.3, -0.25) is 14.5 Å². The maximum absolute atomic E-state index is 12.0. The molecule has 0 radical (unpaired) electrons. The lowest BCUT2D eigenvalue weighted by atomic mass is 10.2. The Bertz CT molecular complexity index is 727. The second-order valence-electron chi connectivity index (χ2n) is 6.21. The highest BCUT2D eigenvalue weighted by Gasteiger charge is 2.11. The summed E-state index contributed by atoms with van der Waals surface area (Å²) in [5.74, 6) is 0.491. The number of likely N-dealkylation sites (N-methyl/N-ethyl adjacent to an activating group) is 1. The van der Waals surface area contributed by atoms with E-state index in [0.717, 1.165) is 22.6 Å². The molecule has 0 saturated carbocycles. The summed E-state index contributed by atoms with van der Waals surface area (Å²) < 4.78 is 5.10. The molecular weight excluding hydrogens is 330 g/mol. The van der Waals surface area contributed by atoms with Crippen molar-refractivity contribution in [2.75, 3.05) is 32.6 Å². The normalized spacial score (nSPS) is 10.5. The van der Waals surface area contributed by atoms with E-state index in [1.165, 1.54) is 0 Å². The Kier molecular flexibility index (Phi) is 7.17. The van der Waals surface area contributed by atoms with E-state index >= 15 is 0 Å². The maximum Gasteiger partial charge on any atom is 0.238 e. The Balaban J connectivity index is 1.71. The van der Waals surface area contributed by atoms with Crippen LogP contribution < -0.4 is 15.4 Å². The molecular formula is C20H25N3O3. The fourth-order valence-electron chi connectivity index (χ4n) is 2.38. The number of ether oxygens (including phenoxy) is 1. The summed E-state index contributed by atoms with van der Waals surface area (Å²) in [4.78, 5) is 25.7. The fraction of sp³-hybridized carbons (Fsp3) is 0.300. The minimum atomic E-state index is -0.153. The second-order valence-corrected chi connectivity index (χ2v) is 6.21. The van der Waals surface area contributed by atoms with Crippen molar-refractivity contribution >= 4 is 17.5 Å². The van der Waals surface area contributed by atoms with Crippen molar-refractivity contribution in [1.29, 1.82) is 0 Å². The number of amides is 2. The van der Waals surface area contributed by atoms with Gasteiger partial charge in [0, 0.05) is 12.2 Å². The van der Waals surface area contributed by atoms with Crippen LogP contribution in [0.5, 0.6) is 5.75 Å². The average molecular weight is 355 g/mol. The Hall–Kier alpha value is -2.86. The van der Waals surface area contributed by atoms with E-state index in [2.05, 4.69) is 10.6 Å². The van der Waals surface area contributed by atoms with Crippen LogP contribution in [0.3, 0.4) is 0 Å². The third kappa shape index (κ3) is 6.57. The molecule has 0 fully saturated rings. The molecule has 0 aliphatic rings. The first-order valence-electron chi connectivity index (χ1n) is 8.41. The van der Waals surface area contributed by atoms with Gasteiger partial charge in [-0.05, 0) is 43.8 Å². The van der Waals surface area contributed by atoms with Crippen molar-refractivity contribution in [1.82, 2.24) is 10.2 Å². The summed E-state index contributed by atoms with van der Waals surface area (Å²) in [5, 5.41) is 5.66. The summed E-state index contributed by atoms with van der Waals surface area (Å²) in [6, 6.07) is 15.1. The van der Waals surface area contributed by atoms with Gasteiger partial charge in [-0.15, -0.1) is 0 Å². The van der Waals surface area contributed by atoms with E-state index < -0.39 is 0 Å². The number of rotatable bonds is 8. The number of hydrogen-bond acceptors (Lipinski definition) is 4. The van der Waals surface area contributed by atoms with Crippen molar-refractivity contribution in [3.8, 4) is 5.75 Å². The van der Waals surface area contributed by atoms with Crippen LogP contribution in [0.2, 0.25) is 0 Å². The Morgan fingerprint density at radius 3 is 2.19 bits per heavy atom. The van der Waals surface area contributed by atoms with E-state index in [1.54, 1.807) is 19.1 Å². The standard InChI is InChI=1S/C20H25N3O3/c1-15-4-8-17(9-5-15)22-20(25)14-23(2)13-19(24)21-12-16-6-10-18(26-3)11-7-16/h4-11H,12-14H2,1-3H3,(H,21,24)(H,22,25). The predicted octanol–water partition coefficient (Wildman–Crippen LogP) is 2.19. The van der Waals surface area contributed by atoms with E-state index in [4.69, 9.17) is 4.74 Å². The highest BCUT2D eigenvalue weighted by molar-refractivity contribution is 5.92. The highest BCUT2D eigenvalue weighted by atomic mass is 16.5. The molecule has 0 heterocycles. The van der Waals surface area contributed by atoms with E-state index in [1.807, 2.05) is 55.5 Å². The number of benzene rings is 2. The summed E-state index contributed by atoms with van der Waals surface area (Å²) in [7, 11) is 3.35. The average Bonchev–Trinajstić information content (AvgIpc) is 2.62. The monoisotopic (exact) mass is 355 g/mol. The number of aryl methyl sites for hydroxylation is 1. The zero-order valence-corrected chi connectivity index (χ0v) is 15.4. The zero-order valence-electron chi connectivity index (χ0n) is 15.4. The maximum atomic E-state index is 12.0. The van der Waals surface area contributed by atoms with Gasteiger partial charge < -0.3 is 15.4 Å². The van der Waals surface area contributed by atoms with Gasteiger partial charge in [-0.2, -0.15) is 0 Å². The molecule has 2 N–H and O–H groups in total. The molecule has 0 unspecified atom stereocenters. The molecule has 0 aliphatic carbocycles. The van der Waals surface area contributed by atoms with E-state index in [0.29, 0.717) is 6.54 Å². The lowest BCUT2D eigenvalue weighted by Gasteiger charge is -2.16. The van der Waals surface area contributed by atoms with Crippen LogP contribution in [-0.2, 0) is 16.1 Å². The Morgan fingerprint density at radius 1 is 0.962 bits per heavy atom. The van der Waals surface area contributed by atoms with Crippen molar-refractivity contribution in [2.45, 2.75) is 13.5 Å². The molecule has 26 heavy (non-hydrogen) atoms. The SMILES string of the molecule is COc1ccc(CNC(=O)CN(C)CC(=O)Nc2ccc(C)cc2)cc1. The summed E-state index contributed by atoms with van der Waals surface area (Å²) in [6.45, 7) is 2.72. The van der Waals surface area contributed by atoms with Crippen molar-refractivity contribution in [3.05, 3.63) is 59.7 Å². The van der Waals surface area contributed by atoms with Crippen molar-refractivity contribution in [3.63, 3.8) is 0 Å². The molecule has 2 rings (SSSR count). The minimum absolute atomic E-state index is 0.133. The zero-order chi connectivity index (χ0) is 18.9. The number of anilines is 1. The number of methoxy groups -OCH3 is 1. The van der Waals surface area contributed by atoms with Crippen LogP contribution >= 0.6 is 0 Å². The van der Waals surface area contributed by atoms with Gasteiger partial charge >= 0.3 is 0 Å². The quantitative estimate of drug-likeness (QED) is 0.762. The molecule has 0 aromatic heterocycles. The molecule has 0 spiro atoms. The van der Waals surface area contributed by atoms with E-state index in [9.17, 15) is 9.59 Å². The number of nitrogens with one attached hydrogen (secondary N) is 2. The Labute approximate surface area is 154 Å². The van der Waals surface area contributed by atoms with Gasteiger partial charge in [0.25, 0.3) is 0 Å². The molecule has 2 amide bonds. The first-order valence-corrected chi connectivity index (χ1v) is 8.41. The number of hydrogen-bond donors (Lipinski definition) is 2. The van der Waals surface area contributed by atoms with Crippen LogP contribution in [0, 0.1) is 6.92 Å². The molecule has 0 aliphatic heterocycles. The lowest BCUT2D eigenvalue weighted by molar-refractivity contribution is -0.123. The Morgan fingerprint density at radius 2 is 1.58 bits per heavy atom. The van der Waals surface area contributed by atoms with Crippen molar-refractivity contribution < 1.29 is 14.3 Å². The van der Waals surface area contributed by atoms with Gasteiger partial charge in [-0.1, -0.05) is 29.8 Å². The van der Waals surface area contributed by atoms with Gasteiger partial charge in [0.2, 0.25) is 11.8 Å². The second kappa shape index (κ2) is 9.58. The number of carbonyl (C=O) groups is 2. The first kappa shape index (κ1) is 19.5. The third-order valence-corrected chi connectivity index (χ3v) is 3.81. The topological polar surface area (TPSA) is 70.7 Å². The molecule has 0 bridgehead atoms. The number of carbonyl (C=O) groups excluding carboxylic acids is 2. The predicted molar refractivity (Wildman–Crippen MR) is 102 cm³/mol. The van der Waals surface area contributed by atoms with Crippen LogP contribution in [-0.4, -0.2) is 44.0 Å². The molecule has 2 aromatic rings. The third-order valence-electron chi connectivity index (χ3n) is 3.81. The summed E-state index contributed by atoms with van der Waals surface area (Å²) in [5.41, 5.74) is 2.87. The molecule has 2 aromatic carbocycles. The van der Waals surface area contributed by atoms with Gasteiger partial charge in [-0.25, -0.2) is 0 Å². The first-order chi connectivity index (χ1) is 12.5. The minimum Gasteiger partial charge on any atom is -0.497 e. The molecule has 6 heteroatoms. The van der Waals surface area contributed by atoms with Crippen LogP contribution in [0.1, 0.15) is 11.1 Å². The van der Waals surface area contributed by atoms with Crippen LogP contribution in [0.4, 0.5) is 5.69 Å². The van der Waals surface area contributed by atoms with Gasteiger partial charge in [0.15, 0.2) is 0 Å². The highest BCUT2D eigenvalue weighted by Crippen LogP contribution is 2.11. The lowest BCUT2D eigenvalue weighted by Crippen LogP contribution is -2.38. The summed E-state index contributed by atoms with van der Waals surface area (Å²) in [6.07, 6.45) is 0. The van der Waals surface area contributed by atoms with Crippen molar-refractivity contribution in [2.24, 2.45) is 0 Å². The molecule has 138 valence electrons. The largest absolute Gasteiger partial charge is 0.497 e. The number of nitrogens with zero attached hydrogens (tertiary/aromatic N) is 1. The fourth-order valence-corrected chi connectivity index (χ4v) is 2.38. The summed E-state index contributed by atoms with van der Waals surface area (Å²) >= 11 is 0. The van der Waals surface area contributed by atoms with E-state index in [-0.39, 0.29) is 24.9 Å². The van der Waals surface area contributed by atoms with Gasteiger partial charge in [0.05, 0.1) is 20.2 Å². The molecule has 6 nitrogen and oxygen atoms in total. The van der Waals surface area contributed by atoms with Crippen LogP contribution in [0.15, 0.2) is 48.5 Å².